The van der Waals surface area contributed by atoms with Gasteiger partial charge >= 0.3 is 0 Å². The summed E-state index contributed by atoms with van der Waals surface area (Å²) in [5.74, 6) is 1.40. The molecule has 1 aromatic rings. The van der Waals surface area contributed by atoms with E-state index in [2.05, 4.69) is 53.9 Å². The van der Waals surface area contributed by atoms with Gasteiger partial charge in [-0.25, -0.2) is 0 Å². The van der Waals surface area contributed by atoms with Gasteiger partial charge in [-0.05, 0) is 44.0 Å². The summed E-state index contributed by atoms with van der Waals surface area (Å²) in [4.78, 5) is 13.3. The molecule has 0 aromatic heterocycles. The van der Waals surface area contributed by atoms with Crippen molar-refractivity contribution in [2.75, 3.05) is 33.4 Å². The zero-order valence-corrected chi connectivity index (χ0v) is 14.2. The van der Waals surface area contributed by atoms with Crippen LogP contribution in [0.4, 0.5) is 0 Å². The zero-order chi connectivity index (χ0) is 16.4. The van der Waals surface area contributed by atoms with Crippen LogP contribution < -0.4 is 10.6 Å². The van der Waals surface area contributed by atoms with E-state index in [0.717, 1.165) is 24.9 Å². The first-order valence-electron chi connectivity index (χ1n) is 7.14. The van der Waals surface area contributed by atoms with Gasteiger partial charge in [-0.1, -0.05) is 12.1 Å². The molecule has 0 amide bonds. The molecule has 0 bridgehead atoms. The van der Waals surface area contributed by atoms with Crippen molar-refractivity contribution in [3.05, 3.63) is 52.0 Å². The largest absolute Gasteiger partial charge is 0.370 e. The Kier molecular flexibility index (Phi) is 8.39. The summed E-state index contributed by atoms with van der Waals surface area (Å²) >= 11 is 1.80. The molecule has 1 aromatic carbocycles. The monoisotopic (exact) mass is 324 g/mol. The van der Waals surface area contributed by atoms with Crippen molar-refractivity contribution in [2.24, 2.45) is 0 Å². The van der Waals surface area contributed by atoms with Gasteiger partial charge < -0.3 is 15.5 Å². The highest BCUT2D eigenvalue weighted by atomic mass is 32.2. The Hall–Kier alpha value is -1.73. The van der Waals surface area contributed by atoms with E-state index in [1.54, 1.807) is 18.8 Å². The van der Waals surface area contributed by atoms with Crippen LogP contribution in [-0.2, 0) is 6.54 Å². The molecule has 0 saturated heterocycles. The fourth-order valence-electron chi connectivity index (χ4n) is 1.89. The van der Waals surface area contributed by atoms with Crippen LogP contribution in [-0.4, -0.2) is 43.3 Å². The van der Waals surface area contributed by atoms with Crippen LogP contribution in [0.3, 0.4) is 0 Å². The van der Waals surface area contributed by atoms with E-state index in [1.165, 1.54) is 10.5 Å². The lowest BCUT2D eigenvalue weighted by molar-refractivity contribution is -0.404. The standard InChI is InChI=1S/C15H24N4O2S/c1-16-15(12-19(20)21)17-8-5-9-22-14-7-4-6-13(10-14)11-18(2)3/h4,6-7,10,12,16-17H,5,8-9,11H2,1-3H3/b15-12-. The summed E-state index contributed by atoms with van der Waals surface area (Å²) < 4.78 is 0. The van der Waals surface area contributed by atoms with E-state index in [0.29, 0.717) is 12.4 Å². The van der Waals surface area contributed by atoms with E-state index in [-0.39, 0.29) is 0 Å². The third-order valence-corrected chi connectivity index (χ3v) is 3.89. The summed E-state index contributed by atoms with van der Waals surface area (Å²) in [5, 5.41) is 16.2. The molecule has 122 valence electrons. The van der Waals surface area contributed by atoms with Crippen molar-refractivity contribution < 1.29 is 4.92 Å². The quantitative estimate of drug-likeness (QED) is 0.297. The number of thioether (sulfide) groups is 1. The van der Waals surface area contributed by atoms with Gasteiger partial charge in [-0.2, -0.15) is 0 Å². The first-order chi connectivity index (χ1) is 10.5. The summed E-state index contributed by atoms with van der Waals surface area (Å²) in [6.07, 6.45) is 1.87. The Morgan fingerprint density at radius 1 is 1.45 bits per heavy atom. The summed E-state index contributed by atoms with van der Waals surface area (Å²) in [6, 6.07) is 8.54. The highest BCUT2D eigenvalue weighted by Crippen LogP contribution is 2.20. The fourth-order valence-corrected chi connectivity index (χ4v) is 2.82. The van der Waals surface area contributed by atoms with Crippen molar-refractivity contribution in [3.63, 3.8) is 0 Å². The second-order valence-electron chi connectivity index (χ2n) is 5.09. The predicted octanol–water partition coefficient (Wildman–Crippen LogP) is 2.12. The Morgan fingerprint density at radius 2 is 2.23 bits per heavy atom. The Balaban J connectivity index is 2.31. The molecule has 22 heavy (non-hydrogen) atoms. The zero-order valence-electron chi connectivity index (χ0n) is 13.3. The molecule has 0 heterocycles. The number of nitrogens with zero attached hydrogens (tertiary/aromatic N) is 2. The topological polar surface area (TPSA) is 70.4 Å². The van der Waals surface area contributed by atoms with E-state index < -0.39 is 4.92 Å². The normalized spacial score (nSPS) is 11.5. The molecule has 0 saturated carbocycles. The minimum Gasteiger partial charge on any atom is -0.370 e. The van der Waals surface area contributed by atoms with Gasteiger partial charge in [0.2, 0.25) is 0 Å². The average molecular weight is 324 g/mol. The van der Waals surface area contributed by atoms with Gasteiger partial charge in [0.05, 0.1) is 4.92 Å². The Labute approximate surface area is 136 Å². The third kappa shape index (κ3) is 7.90. The number of rotatable bonds is 10. The molecule has 7 heteroatoms. The van der Waals surface area contributed by atoms with Gasteiger partial charge in [0.1, 0.15) is 0 Å². The lowest BCUT2D eigenvalue weighted by Gasteiger charge is -2.11. The first-order valence-corrected chi connectivity index (χ1v) is 8.13. The minimum absolute atomic E-state index is 0.433. The first kappa shape index (κ1) is 18.3. The van der Waals surface area contributed by atoms with Crippen molar-refractivity contribution in [3.8, 4) is 0 Å². The fraction of sp³-hybridized carbons (Fsp3) is 0.467. The molecule has 0 aliphatic rings. The Bertz CT molecular complexity index is 506. The van der Waals surface area contributed by atoms with Crippen LogP contribution in [0.25, 0.3) is 0 Å². The summed E-state index contributed by atoms with van der Waals surface area (Å²) in [7, 11) is 5.78. The highest BCUT2D eigenvalue weighted by molar-refractivity contribution is 7.99. The van der Waals surface area contributed by atoms with E-state index in [4.69, 9.17) is 0 Å². The van der Waals surface area contributed by atoms with Crippen molar-refractivity contribution >= 4 is 11.8 Å². The number of nitrogens with one attached hydrogen (secondary N) is 2. The molecule has 2 N–H and O–H groups in total. The molecule has 1 rings (SSSR count). The van der Waals surface area contributed by atoms with E-state index >= 15 is 0 Å². The molecular weight excluding hydrogens is 300 g/mol. The molecule has 0 radical (unpaired) electrons. The van der Waals surface area contributed by atoms with Crippen LogP contribution in [0.2, 0.25) is 0 Å². The molecule has 0 aliphatic heterocycles. The van der Waals surface area contributed by atoms with E-state index in [1.807, 2.05) is 0 Å². The van der Waals surface area contributed by atoms with Gasteiger partial charge in [-0.15, -0.1) is 11.8 Å². The maximum atomic E-state index is 10.4. The third-order valence-electron chi connectivity index (χ3n) is 2.81. The molecule has 0 atom stereocenters. The average Bonchev–Trinajstić information content (AvgIpc) is 2.45. The maximum Gasteiger partial charge on any atom is 0.274 e. The van der Waals surface area contributed by atoms with Crippen LogP contribution >= 0.6 is 11.8 Å². The molecule has 0 spiro atoms. The number of nitro groups is 1. The summed E-state index contributed by atoms with van der Waals surface area (Å²) in [5.41, 5.74) is 1.31. The highest BCUT2D eigenvalue weighted by Gasteiger charge is 2.01. The van der Waals surface area contributed by atoms with Crippen LogP contribution in [0.15, 0.2) is 41.2 Å². The van der Waals surface area contributed by atoms with Gasteiger partial charge in [0, 0.05) is 25.0 Å². The van der Waals surface area contributed by atoms with Crippen molar-refractivity contribution in [1.29, 1.82) is 0 Å². The van der Waals surface area contributed by atoms with E-state index in [9.17, 15) is 10.1 Å². The van der Waals surface area contributed by atoms with Gasteiger partial charge in [0.25, 0.3) is 6.20 Å². The minimum atomic E-state index is -0.468. The lowest BCUT2D eigenvalue weighted by Crippen LogP contribution is -2.25. The van der Waals surface area contributed by atoms with Crippen LogP contribution in [0.1, 0.15) is 12.0 Å². The molecule has 0 unspecified atom stereocenters. The molecule has 6 nitrogen and oxygen atoms in total. The molecule has 0 aliphatic carbocycles. The summed E-state index contributed by atoms with van der Waals surface area (Å²) in [6.45, 7) is 1.64. The van der Waals surface area contributed by atoms with Crippen LogP contribution in [0.5, 0.6) is 0 Å². The number of benzene rings is 1. The second kappa shape index (κ2) is 10.1. The van der Waals surface area contributed by atoms with Crippen molar-refractivity contribution in [1.82, 2.24) is 15.5 Å². The molecule has 0 fully saturated rings. The number of hydrogen-bond acceptors (Lipinski definition) is 6. The van der Waals surface area contributed by atoms with Gasteiger partial charge in [-0.3, -0.25) is 10.1 Å². The lowest BCUT2D eigenvalue weighted by atomic mass is 10.2. The Morgan fingerprint density at radius 3 is 2.86 bits per heavy atom. The van der Waals surface area contributed by atoms with Crippen molar-refractivity contribution in [2.45, 2.75) is 17.9 Å². The smallest absolute Gasteiger partial charge is 0.274 e. The van der Waals surface area contributed by atoms with Crippen LogP contribution in [0, 0.1) is 10.1 Å². The maximum absolute atomic E-state index is 10.4. The molecular formula is C15H24N4O2S. The van der Waals surface area contributed by atoms with Gasteiger partial charge in [0.15, 0.2) is 5.82 Å². The predicted molar refractivity (Wildman–Crippen MR) is 91.3 cm³/mol. The number of hydrogen-bond donors (Lipinski definition) is 2. The second-order valence-corrected chi connectivity index (χ2v) is 6.26. The SMILES string of the molecule is CN/C(=C/[N+](=O)[O-])NCCCSc1cccc(CN(C)C)c1.